The summed E-state index contributed by atoms with van der Waals surface area (Å²) in [5, 5.41) is 16.0. The summed E-state index contributed by atoms with van der Waals surface area (Å²) in [6, 6.07) is 6.13. The third-order valence-electron chi connectivity index (χ3n) is 4.87. The fourth-order valence-corrected chi connectivity index (χ4v) is 4.75. The van der Waals surface area contributed by atoms with Gasteiger partial charge in [-0.25, -0.2) is 4.98 Å². The number of nitro benzene ring substituents is 1. The van der Waals surface area contributed by atoms with Gasteiger partial charge in [0, 0.05) is 17.0 Å². The summed E-state index contributed by atoms with van der Waals surface area (Å²) in [6.45, 7) is 3.55. The molecule has 3 aromatic rings. The molecule has 4 rings (SSSR count). The zero-order valence-electron chi connectivity index (χ0n) is 15.1. The molecule has 0 amide bonds. The van der Waals surface area contributed by atoms with Crippen LogP contribution in [0.25, 0.3) is 10.2 Å². The van der Waals surface area contributed by atoms with E-state index in [1.165, 1.54) is 21.7 Å². The monoisotopic (exact) mass is 382 g/mol. The quantitative estimate of drug-likeness (QED) is 0.391. The van der Waals surface area contributed by atoms with Crippen LogP contribution in [0.4, 0.5) is 5.69 Å². The van der Waals surface area contributed by atoms with Crippen molar-refractivity contribution in [2.75, 3.05) is 0 Å². The lowest BCUT2D eigenvalue weighted by molar-refractivity contribution is -0.384. The fourth-order valence-electron chi connectivity index (χ4n) is 3.45. The number of hydrogen-bond acceptors (Lipinski definition) is 6. The van der Waals surface area contributed by atoms with Gasteiger partial charge in [-0.05, 0) is 62.8 Å². The summed E-state index contributed by atoms with van der Waals surface area (Å²) in [7, 11) is 0. The van der Waals surface area contributed by atoms with Crippen LogP contribution < -0.4 is 5.56 Å². The lowest BCUT2D eigenvalue weighted by Crippen LogP contribution is -2.22. The van der Waals surface area contributed by atoms with Crippen molar-refractivity contribution in [3.05, 3.63) is 66.6 Å². The lowest BCUT2D eigenvalue weighted by Gasteiger charge is -2.10. The van der Waals surface area contributed by atoms with Gasteiger partial charge in [-0.1, -0.05) is 0 Å². The van der Waals surface area contributed by atoms with Gasteiger partial charge >= 0.3 is 0 Å². The molecule has 0 spiro atoms. The normalized spacial score (nSPS) is 14.4. The number of nitro groups is 1. The van der Waals surface area contributed by atoms with Gasteiger partial charge in [0.05, 0.1) is 16.0 Å². The molecule has 0 aliphatic heterocycles. The van der Waals surface area contributed by atoms with Crippen molar-refractivity contribution in [3.8, 4) is 0 Å². The molecule has 2 aromatic heterocycles. The molecule has 2 heterocycles. The molecule has 1 aromatic carbocycles. The molecule has 138 valence electrons. The Morgan fingerprint density at radius 1 is 1.26 bits per heavy atom. The highest BCUT2D eigenvalue weighted by molar-refractivity contribution is 7.18. The van der Waals surface area contributed by atoms with Gasteiger partial charge in [-0.2, -0.15) is 9.78 Å². The van der Waals surface area contributed by atoms with Crippen molar-refractivity contribution in [1.29, 1.82) is 0 Å². The Labute approximate surface area is 159 Å². The first-order valence-corrected chi connectivity index (χ1v) is 9.61. The number of aryl methyl sites for hydroxylation is 3. The number of non-ortho nitro benzene ring substituents is 1. The maximum atomic E-state index is 13.1. The van der Waals surface area contributed by atoms with Crippen molar-refractivity contribution in [2.24, 2.45) is 5.10 Å². The highest BCUT2D eigenvalue weighted by Gasteiger charge is 2.21. The first kappa shape index (κ1) is 17.5. The van der Waals surface area contributed by atoms with E-state index in [9.17, 15) is 14.9 Å². The van der Waals surface area contributed by atoms with Gasteiger partial charge in [0.15, 0.2) is 0 Å². The van der Waals surface area contributed by atoms with Gasteiger partial charge in [-0.15, -0.1) is 11.3 Å². The summed E-state index contributed by atoms with van der Waals surface area (Å²) in [6.07, 6.45) is 4.18. The van der Waals surface area contributed by atoms with Crippen LogP contribution in [0.15, 0.2) is 34.2 Å². The van der Waals surface area contributed by atoms with Crippen molar-refractivity contribution in [3.63, 3.8) is 0 Å². The molecule has 0 saturated carbocycles. The number of nitrogens with zero attached hydrogens (tertiary/aromatic N) is 4. The van der Waals surface area contributed by atoms with Crippen molar-refractivity contribution < 1.29 is 4.92 Å². The van der Waals surface area contributed by atoms with E-state index >= 15 is 0 Å². The number of aromatic nitrogens is 2. The van der Waals surface area contributed by atoms with Gasteiger partial charge in [0.2, 0.25) is 0 Å². The number of fused-ring (bicyclic) bond motifs is 3. The van der Waals surface area contributed by atoms with E-state index in [0.29, 0.717) is 16.9 Å². The standard InChI is InChI=1S/C19H18N4O3S/c1-11(13-7-9-14(10-8-13)23(25)26)21-22-12(2)20-18-17(19(22)24)15-5-3-4-6-16(15)27-18/h7-10H,3-6H2,1-2H3/b21-11-. The smallest absolute Gasteiger partial charge is 0.267 e. The van der Waals surface area contributed by atoms with E-state index in [1.807, 2.05) is 0 Å². The molecular formula is C19H18N4O3S. The Morgan fingerprint density at radius 2 is 1.96 bits per heavy atom. The molecule has 1 aliphatic carbocycles. The number of thiophene rings is 1. The van der Waals surface area contributed by atoms with Crippen LogP contribution in [-0.4, -0.2) is 20.3 Å². The van der Waals surface area contributed by atoms with E-state index in [1.54, 1.807) is 37.3 Å². The zero-order valence-corrected chi connectivity index (χ0v) is 15.9. The minimum atomic E-state index is -0.442. The van der Waals surface area contributed by atoms with E-state index in [2.05, 4.69) is 10.1 Å². The van der Waals surface area contributed by atoms with Crippen LogP contribution in [0.1, 0.15) is 41.6 Å². The second-order valence-corrected chi connectivity index (χ2v) is 7.74. The minimum absolute atomic E-state index is 0.0212. The lowest BCUT2D eigenvalue weighted by atomic mass is 9.97. The summed E-state index contributed by atoms with van der Waals surface area (Å²) in [4.78, 5) is 30.2. The van der Waals surface area contributed by atoms with Gasteiger partial charge in [-0.3, -0.25) is 14.9 Å². The van der Waals surface area contributed by atoms with Gasteiger partial charge in [0.1, 0.15) is 10.7 Å². The molecule has 0 atom stereocenters. The van der Waals surface area contributed by atoms with Crippen LogP contribution in [0.5, 0.6) is 0 Å². The van der Waals surface area contributed by atoms with E-state index in [-0.39, 0.29) is 11.2 Å². The van der Waals surface area contributed by atoms with Crippen molar-refractivity contribution >= 4 is 33.0 Å². The topological polar surface area (TPSA) is 90.4 Å². The van der Waals surface area contributed by atoms with E-state index < -0.39 is 4.92 Å². The minimum Gasteiger partial charge on any atom is -0.267 e. The maximum absolute atomic E-state index is 13.1. The first-order valence-electron chi connectivity index (χ1n) is 8.80. The number of hydrogen-bond donors (Lipinski definition) is 0. The molecule has 8 heteroatoms. The summed E-state index contributed by atoms with van der Waals surface area (Å²) in [5.74, 6) is 0.535. The van der Waals surface area contributed by atoms with Crippen LogP contribution in [0.2, 0.25) is 0 Å². The van der Waals surface area contributed by atoms with Crippen LogP contribution in [0, 0.1) is 17.0 Å². The molecule has 0 radical (unpaired) electrons. The highest BCUT2D eigenvalue weighted by Crippen LogP contribution is 2.33. The highest BCUT2D eigenvalue weighted by atomic mass is 32.1. The Bertz CT molecular complexity index is 1140. The predicted molar refractivity (Wildman–Crippen MR) is 106 cm³/mol. The molecular weight excluding hydrogens is 364 g/mol. The van der Waals surface area contributed by atoms with E-state index in [4.69, 9.17) is 0 Å². The SMILES string of the molecule is C/C(=N/n1c(C)nc2sc3c(c2c1=O)CCCC3)c1ccc([N+](=O)[O-])cc1. The Kier molecular flexibility index (Phi) is 4.35. The average molecular weight is 382 g/mol. The Morgan fingerprint density at radius 3 is 2.67 bits per heavy atom. The molecule has 1 aliphatic rings. The summed E-state index contributed by atoms with van der Waals surface area (Å²) >= 11 is 1.62. The van der Waals surface area contributed by atoms with Gasteiger partial charge in [0.25, 0.3) is 11.2 Å². The van der Waals surface area contributed by atoms with Crippen molar-refractivity contribution in [2.45, 2.75) is 39.5 Å². The molecule has 0 unspecified atom stereocenters. The summed E-state index contributed by atoms with van der Waals surface area (Å²) in [5.41, 5.74) is 2.33. The largest absolute Gasteiger partial charge is 0.283 e. The van der Waals surface area contributed by atoms with Crippen LogP contribution in [-0.2, 0) is 12.8 Å². The number of rotatable bonds is 3. The Hall–Kier alpha value is -2.87. The van der Waals surface area contributed by atoms with Crippen molar-refractivity contribution in [1.82, 2.24) is 9.66 Å². The zero-order chi connectivity index (χ0) is 19.1. The molecule has 0 N–H and O–H groups in total. The molecule has 0 fully saturated rings. The maximum Gasteiger partial charge on any atom is 0.283 e. The van der Waals surface area contributed by atoms with Crippen LogP contribution in [0.3, 0.4) is 0 Å². The predicted octanol–water partition coefficient (Wildman–Crippen LogP) is 3.83. The molecule has 27 heavy (non-hydrogen) atoms. The fraction of sp³-hybridized carbons (Fsp3) is 0.316. The number of benzene rings is 1. The molecule has 0 bridgehead atoms. The third kappa shape index (κ3) is 3.06. The summed E-state index contributed by atoms with van der Waals surface area (Å²) < 4.78 is 1.35. The second kappa shape index (κ2) is 6.70. The van der Waals surface area contributed by atoms with Crippen LogP contribution >= 0.6 is 11.3 Å². The van der Waals surface area contributed by atoms with E-state index in [0.717, 1.165) is 41.6 Å². The Balaban J connectivity index is 1.82. The first-order chi connectivity index (χ1) is 13.0. The third-order valence-corrected chi connectivity index (χ3v) is 6.06. The van der Waals surface area contributed by atoms with Gasteiger partial charge < -0.3 is 0 Å². The second-order valence-electron chi connectivity index (χ2n) is 6.66. The molecule has 7 nitrogen and oxygen atoms in total. The average Bonchev–Trinajstić information content (AvgIpc) is 3.03. The molecule has 0 saturated heterocycles.